The van der Waals surface area contributed by atoms with Crippen molar-refractivity contribution in [3.05, 3.63) is 0 Å². The normalized spacial score (nSPS) is 31.6. The van der Waals surface area contributed by atoms with E-state index in [9.17, 15) is 0 Å². The minimum Gasteiger partial charge on any atom is -0.416 e. The molecule has 2 aliphatic rings. The van der Waals surface area contributed by atoms with Crippen LogP contribution in [0.2, 0.25) is 32.7 Å². The molecule has 0 unspecified atom stereocenters. The molecule has 7 heteroatoms. The van der Waals surface area contributed by atoms with E-state index in [2.05, 4.69) is 37.7 Å². The van der Waals surface area contributed by atoms with Gasteiger partial charge in [-0.25, -0.2) is 0 Å². The standard InChI is InChI=1S/C10H25NO3Si3/c1-15(2)12-16(3,4)14-17(5,13-15)11-10-8-6-7-9-10/h10-11H,6-9H2,1-5H3. The highest BCUT2D eigenvalue weighted by Gasteiger charge is 2.53. The molecule has 0 aromatic carbocycles. The second-order valence-corrected chi connectivity index (χ2v) is 16.4. The summed E-state index contributed by atoms with van der Waals surface area (Å²) in [6, 6.07) is 0.597. The highest BCUT2D eigenvalue weighted by Crippen LogP contribution is 2.30. The van der Waals surface area contributed by atoms with Crippen LogP contribution in [0.5, 0.6) is 0 Å². The molecule has 1 aliphatic heterocycles. The average Bonchev–Trinajstić information content (AvgIpc) is 2.47. The van der Waals surface area contributed by atoms with Crippen LogP contribution in [0.3, 0.4) is 0 Å². The summed E-state index contributed by atoms with van der Waals surface area (Å²) in [5, 5.41) is 0. The smallest absolute Gasteiger partial charge is 0.404 e. The SMILES string of the molecule is C[Si]1(C)O[Si](C)(C)O[Si](C)(NC2CCCC2)O1. The van der Waals surface area contributed by atoms with Crippen LogP contribution in [-0.4, -0.2) is 31.9 Å². The van der Waals surface area contributed by atoms with E-state index in [0.717, 1.165) is 0 Å². The molecule has 17 heavy (non-hydrogen) atoms. The van der Waals surface area contributed by atoms with Crippen molar-refractivity contribution in [3.8, 4) is 0 Å². The molecule has 1 saturated heterocycles. The maximum atomic E-state index is 6.22. The fourth-order valence-electron chi connectivity index (χ4n) is 3.09. The Balaban J connectivity index is 2.06. The van der Waals surface area contributed by atoms with Crippen LogP contribution in [0, 0.1) is 0 Å². The zero-order valence-corrected chi connectivity index (χ0v) is 14.6. The maximum Gasteiger partial charge on any atom is 0.404 e. The van der Waals surface area contributed by atoms with Gasteiger partial charge < -0.3 is 12.3 Å². The molecule has 2 fully saturated rings. The molecule has 0 aromatic heterocycles. The Hall–Kier alpha value is 0.491. The molecule has 0 atom stereocenters. The lowest BCUT2D eigenvalue weighted by Crippen LogP contribution is -2.72. The number of rotatable bonds is 2. The van der Waals surface area contributed by atoms with Crippen molar-refractivity contribution in [3.63, 3.8) is 0 Å². The maximum absolute atomic E-state index is 6.22. The van der Waals surface area contributed by atoms with Gasteiger partial charge in [0, 0.05) is 6.04 Å². The van der Waals surface area contributed by atoms with Crippen LogP contribution in [0.15, 0.2) is 0 Å². The molecular formula is C10H25NO3Si3. The first-order chi connectivity index (χ1) is 7.70. The third-order valence-corrected chi connectivity index (χ3v) is 15.1. The van der Waals surface area contributed by atoms with Crippen molar-refractivity contribution < 1.29 is 12.3 Å². The van der Waals surface area contributed by atoms with Gasteiger partial charge in [-0.2, -0.15) is 0 Å². The minimum absolute atomic E-state index is 0.597. The molecule has 1 saturated carbocycles. The highest BCUT2D eigenvalue weighted by atomic mass is 28.5. The van der Waals surface area contributed by atoms with E-state index in [1.807, 2.05) is 0 Å². The van der Waals surface area contributed by atoms with Crippen molar-refractivity contribution in [2.24, 2.45) is 0 Å². The van der Waals surface area contributed by atoms with Gasteiger partial charge in [-0.3, -0.25) is 4.98 Å². The Morgan fingerprint density at radius 3 is 1.76 bits per heavy atom. The molecular weight excluding hydrogens is 266 g/mol. The predicted octanol–water partition coefficient (Wildman–Crippen LogP) is 2.55. The van der Waals surface area contributed by atoms with Gasteiger partial charge in [0.2, 0.25) is 0 Å². The monoisotopic (exact) mass is 291 g/mol. The second kappa shape index (κ2) is 4.55. The first kappa shape index (κ1) is 13.9. The quantitative estimate of drug-likeness (QED) is 0.794. The number of hydrogen-bond donors (Lipinski definition) is 1. The lowest BCUT2D eigenvalue weighted by molar-refractivity contribution is 0.218. The van der Waals surface area contributed by atoms with Gasteiger partial charge in [0.1, 0.15) is 0 Å². The van der Waals surface area contributed by atoms with Crippen molar-refractivity contribution in [2.45, 2.75) is 64.5 Å². The van der Waals surface area contributed by atoms with Gasteiger partial charge >= 0.3 is 25.8 Å². The Morgan fingerprint density at radius 1 is 0.824 bits per heavy atom. The fourth-order valence-corrected chi connectivity index (χ4v) is 18.5. The van der Waals surface area contributed by atoms with Crippen molar-refractivity contribution in [1.29, 1.82) is 0 Å². The third kappa shape index (κ3) is 3.72. The molecule has 0 bridgehead atoms. The second-order valence-electron chi connectivity index (χ2n) is 6.18. The van der Waals surface area contributed by atoms with E-state index in [-0.39, 0.29) is 0 Å². The summed E-state index contributed by atoms with van der Waals surface area (Å²) in [6.45, 7) is 10.7. The van der Waals surface area contributed by atoms with E-state index in [1.54, 1.807) is 0 Å². The molecule has 2 rings (SSSR count). The molecule has 1 heterocycles. The highest BCUT2D eigenvalue weighted by molar-refractivity contribution is 6.92. The van der Waals surface area contributed by atoms with E-state index >= 15 is 0 Å². The fraction of sp³-hybridized carbons (Fsp3) is 1.00. The summed E-state index contributed by atoms with van der Waals surface area (Å²) < 4.78 is 18.5. The molecule has 0 spiro atoms. The van der Waals surface area contributed by atoms with E-state index in [4.69, 9.17) is 12.3 Å². The Bertz CT molecular complexity index is 277. The lowest BCUT2D eigenvalue weighted by atomic mass is 10.3. The number of nitrogens with one attached hydrogen (secondary N) is 1. The molecule has 0 amide bonds. The molecule has 1 N–H and O–H groups in total. The van der Waals surface area contributed by atoms with Gasteiger partial charge in [-0.1, -0.05) is 12.8 Å². The summed E-state index contributed by atoms with van der Waals surface area (Å²) in [6.07, 6.45) is 5.20. The van der Waals surface area contributed by atoms with Gasteiger partial charge in [0.15, 0.2) is 0 Å². The molecule has 4 nitrogen and oxygen atoms in total. The zero-order valence-electron chi connectivity index (χ0n) is 11.6. The Morgan fingerprint density at radius 2 is 1.29 bits per heavy atom. The first-order valence-corrected chi connectivity index (χ1v) is 14.5. The number of hydrogen-bond acceptors (Lipinski definition) is 4. The van der Waals surface area contributed by atoms with E-state index < -0.39 is 25.8 Å². The van der Waals surface area contributed by atoms with Crippen LogP contribution in [-0.2, 0) is 12.3 Å². The van der Waals surface area contributed by atoms with Crippen molar-refractivity contribution >= 4 is 25.8 Å². The summed E-state index contributed by atoms with van der Waals surface area (Å²) in [5.74, 6) is 0. The summed E-state index contributed by atoms with van der Waals surface area (Å²) in [4.78, 5) is 3.69. The lowest BCUT2D eigenvalue weighted by Gasteiger charge is -2.48. The molecule has 0 radical (unpaired) electrons. The van der Waals surface area contributed by atoms with Crippen LogP contribution in [0.25, 0.3) is 0 Å². The van der Waals surface area contributed by atoms with Crippen molar-refractivity contribution in [1.82, 2.24) is 4.98 Å². The van der Waals surface area contributed by atoms with Gasteiger partial charge in [0.25, 0.3) is 0 Å². The van der Waals surface area contributed by atoms with Crippen LogP contribution < -0.4 is 4.98 Å². The average molecular weight is 292 g/mol. The summed E-state index contributed by atoms with van der Waals surface area (Å²) >= 11 is 0. The molecule has 0 aromatic rings. The molecule has 1 aliphatic carbocycles. The van der Waals surface area contributed by atoms with E-state index in [1.165, 1.54) is 25.7 Å². The predicted molar refractivity (Wildman–Crippen MR) is 75.2 cm³/mol. The Kier molecular flexibility index (Phi) is 3.72. The van der Waals surface area contributed by atoms with Crippen LogP contribution >= 0.6 is 0 Å². The largest absolute Gasteiger partial charge is 0.416 e. The minimum atomic E-state index is -2.22. The van der Waals surface area contributed by atoms with Gasteiger partial charge in [-0.05, 0) is 45.6 Å². The topological polar surface area (TPSA) is 39.7 Å². The molecule has 100 valence electrons. The summed E-state index contributed by atoms with van der Waals surface area (Å²) in [5.41, 5.74) is 0. The third-order valence-electron chi connectivity index (χ3n) is 3.19. The van der Waals surface area contributed by atoms with Crippen LogP contribution in [0.4, 0.5) is 0 Å². The van der Waals surface area contributed by atoms with E-state index in [0.29, 0.717) is 6.04 Å². The summed E-state index contributed by atoms with van der Waals surface area (Å²) in [7, 11) is -6.22. The Labute approximate surface area is 108 Å². The zero-order chi connectivity index (χ0) is 12.7. The first-order valence-electron chi connectivity index (χ1n) is 6.58. The van der Waals surface area contributed by atoms with Crippen molar-refractivity contribution in [2.75, 3.05) is 0 Å². The van der Waals surface area contributed by atoms with Gasteiger partial charge in [-0.15, -0.1) is 0 Å². The van der Waals surface area contributed by atoms with Crippen LogP contribution in [0.1, 0.15) is 25.7 Å². The van der Waals surface area contributed by atoms with Gasteiger partial charge in [0.05, 0.1) is 0 Å².